The largest absolute Gasteiger partial charge is 0.496 e. The van der Waals surface area contributed by atoms with Gasteiger partial charge in [0.2, 0.25) is 6.41 Å². The summed E-state index contributed by atoms with van der Waals surface area (Å²) in [5.41, 5.74) is 3.23. The molecular formula is C21H22N3O2+. The molecular weight excluding hydrogens is 326 g/mol. The highest BCUT2D eigenvalue weighted by Crippen LogP contribution is 2.40. The van der Waals surface area contributed by atoms with Crippen molar-refractivity contribution in [1.29, 1.82) is 0 Å². The summed E-state index contributed by atoms with van der Waals surface area (Å²) in [6.45, 7) is 1.48. The van der Waals surface area contributed by atoms with Crippen LogP contribution in [0.4, 0.5) is 5.69 Å². The molecule has 0 bridgehead atoms. The molecule has 132 valence electrons. The van der Waals surface area contributed by atoms with Gasteiger partial charge < -0.3 is 9.64 Å². The van der Waals surface area contributed by atoms with Crippen LogP contribution in [0.2, 0.25) is 0 Å². The monoisotopic (exact) mass is 348 g/mol. The molecule has 1 fully saturated rings. The van der Waals surface area contributed by atoms with Crippen molar-refractivity contribution in [2.24, 2.45) is 5.10 Å². The molecule has 0 aliphatic carbocycles. The summed E-state index contributed by atoms with van der Waals surface area (Å²) in [5, 5.41) is 4.77. The van der Waals surface area contributed by atoms with Crippen LogP contribution < -0.4 is 9.33 Å². The Labute approximate surface area is 153 Å². The van der Waals surface area contributed by atoms with Gasteiger partial charge in [-0.25, -0.2) is 0 Å². The minimum Gasteiger partial charge on any atom is -0.496 e. The van der Waals surface area contributed by atoms with Crippen LogP contribution in [-0.2, 0) is 4.79 Å². The first kappa shape index (κ1) is 16.5. The lowest BCUT2D eigenvalue weighted by Crippen LogP contribution is -2.48. The number of methoxy groups -OCH3 is 1. The van der Waals surface area contributed by atoms with Gasteiger partial charge in [0.15, 0.2) is 5.69 Å². The number of hydrogen-bond acceptors (Lipinski definition) is 3. The number of likely N-dealkylation sites (tertiary alicyclic amines) is 1. The van der Waals surface area contributed by atoms with Crippen molar-refractivity contribution < 1.29 is 9.53 Å². The predicted molar refractivity (Wildman–Crippen MR) is 104 cm³/mol. The number of hydrogen-bond donors (Lipinski definition) is 0. The molecule has 5 nitrogen and oxygen atoms in total. The first-order valence-electron chi connectivity index (χ1n) is 8.82. The zero-order valence-electron chi connectivity index (χ0n) is 14.8. The van der Waals surface area contributed by atoms with Crippen molar-refractivity contribution in [2.75, 3.05) is 20.2 Å². The molecule has 2 aliphatic heterocycles. The highest BCUT2D eigenvalue weighted by Gasteiger charge is 2.44. The van der Waals surface area contributed by atoms with Crippen LogP contribution in [0.25, 0.3) is 11.1 Å². The van der Waals surface area contributed by atoms with Gasteiger partial charge in [-0.1, -0.05) is 35.4 Å². The van der Waals surface area contributed by atoms with Gasteiger partial charge in [0, 0.05) is 36.7 Å². The Bertz CT molecular complexity index is 849. The van der Waals surface area contributed by atoms with Gasteiger partial charge in [0.25, 0.3) is 0 Å². The maximum Gasteiger partial charge on any atom is 0.209 e. The van der Waals surface area contributed by atoms with Gasteiger partial charge >= 0.3 is 0 Å². The Hall–Kier alpha value is -2.92. The molecule has 2 atom stereocenters. The second-order valence-corrected chi connectivity index (χ2v) is 6.64. The van der Waals surface area contributed by atoms with Crippen LogP contribution in [0.3, 0.4) is 0 Å². The third kappa shape index (κ3) is 2.70. The van der Waals surface area contributed by atoms with Crippen LogP contribution in [0.5, 0.6) is 5.75 Å². The van der Waals surface area contributed by atoms with E-state index >= 15 is 0 Å². The van der Waals surface area contributed by atoms with Gasteiger partial charge in [-0.05, 0) is 11.6 Å². The standard InChI is InChI=1S/C21H22N3O2/c1-26-21-14-18(8-9-20(21)17-6-3-2-4-7-17)24(13-5-11-22-24)19-10-12-23(15-19)16-25/h2-9,11,13-14,16,19H,10,12,15H2,1H3/q+1. The van der Waals surface area contributed by atoms with E-state index < -0.39 is 0 Å². The summed E-state index contributed by atoms with van der Waals surface area (Å²) >= 11 is 0. The Morgan fingerprint density at radius 1 is 1.23 bits per heavy atom. The predicted octanol–water partition coefficient (Wildman–Crippen LogP) is 3.41. The second-order valence-electron chi connectivity index (χ2n) is 6.64. The lowest BCUT2D eigenvalue weighted by atomic mass is 10.0. The molecule has 0 aromatic heterocycles. The fraction of sp³-hybridized carbons (Fsp3) is 0.238. The van der Waals surface area contributed by atoms with Gasteiger partial charge in [-0.15, -0.1) is 4.59 Å². The van der Waals surface area contributed by atoms with Crippen LogP contribution in [-0.4, -0.2) is 43.8 Å². The Balaban J connectivity index is 1.75. The number of carbonyl (C=O) groups excluding carboxylic acids is 1. The smallest absolute Gasteiger partial charge is 0.209 e. The molecule has 2 unspecified atom stereocenters. The van der Waals surface area contributed by atoms with E-state index in [-0.39, 0.29) is 6.04 Å². The summed E-state index contributed by atoms with van der Waals surface area (Å²) in [6.07, 6.45) is 7.75. The first-order chi connectivity index (χ1) is 12.8. The minimum absolute atomic E-state index is 0.211. The lowest BCUT2D eigenvalue weighted by Gasteiger charge is -2.31. The number of carbonyl (C=O) groups is 1. The summed E-state index contributed by atoms with van der Waals surface area (Å²) in [5.74, 6) is 0.826. The van der Waals surface area contributed by atoms with Crippen molar-refractivity contribution in [3.05, 3.63) is 60.8 Å². The van der Waals surface area contributed by atoms with Crippen molar-refractivity contribution >= 4 is 18.3 Å². The van der Waals surface area contributed by atoms with Crippen LogP contribution >= 0.6 is 0 Å². The lowest BCUT2D eigenvalue weighted by molar-refractivity contribution is -0.117. The molecule has 5 heteroatoms. The zero-order chi connectivity index (χ0) is 18.0. The molecule has 1 saturated heterocycles. The van der Waals surface area contributed by atoms with Crippen LogP contribution in [0.15, 0.2) is 65.9 Å². The number of rotatable bonds is 5. The third-order valence-corrected chi connectivity index (χ3v) is 5.24. The number of benzene rings is 2. The van der Waals surface area contributed by atoms with E-state index in [0.717, 1.165) is 41.9 Å². The first-order valence-corrected chi connectivity index (χ1v) is 8.82. The van der Waals surface area contributed by atoms with E-state index in [2.05, 4.69) is 36.5 Å². The van der Waals surface area contributed by atoms with E-state index in [9.17, 15) is 4.79 Å². The van der Waals surface area contributed by atoms with Crippen molar-refractivity contribution in [3.63, 3.8) is 0 Å². The second kappa shape index (κ2) is 6.77. The summed E-state index contributed by atoms with van der Waals surface area (Å²) in [6, 6.07) is 16.7. The normalized spacial score (nSPS) is 24.2. The average Bonchev–Trinajstić information content (AvgIpc) is 3.38. The third-order valence-electron chi connectivity index (χ3n) is 5.24. The molecule has 0 N–H and O–H groups in total. The Kier molecular flexibility index (Phi) is 4.31. The summed E-state index contributed by atoms with van der Waals surface area (Å²) in [4.78, 5) is 13.0. The highest BCUT2D eigenvalue weighted by molar-refractivity contribution is 5.78. The summed E-state index contributed by atoms with van der Waals surface area (Å²) < 4.78 is 6.08. The van der Waals surface area contributed by atoms with E-state index in [1.54, 1.807) is 7.11 Å². The van der Waals surface area contributed by atoms with E-state index in [1.807, 2.05) is 35.4 Å². The Morgan fingerprint density at radius 3 is 2.73 bits per heavy atom. The topological polar surface area (TPSA) is 41.9 Å². The number of amides is 1. The molecule has 26 heavy (non-hydrogen) atoms. The maximum atomic E-state index is 11.2. The molecule has 4 rings (SSSR count). The molecule has 0 radical (unpaired) electrons. The van der Waals surface area contributed by atoms with E-state index in [1.165, 1.54) is 0 Å². The van der Waals surface area contributed by atoms with E-state index in [4.69, 9.17) is 9.84 Å². The van der Waals surface area contributed by atoms with Gasteiger partial charge in [-0.2, -0.15) is 0 Å². The fourth-order valence-corrected chi connectivity index (χ4v) is 3.88. The van der Waals surface area contributed by atoms with Gasteiger partial charge in [0.1, 0.15) is 18.0 Å². The number of ether oxygens (including phenoxy) is 1. The fourth-order valence-electron chi connectivity index (χ4n) is 3.88. The highest BCUT2D eigenvalue weighted by atomic mass is 16.5. The molecule has 0 spiro atoms. The van der Waals surface area contributed by atoms with Crippen LogP contribution in [0.1, 0.15) is 6.42 Å². The van der Waals surface area contributed by atoms with Crippen molar-refractivity contribution in [2.45, 2.75) is 12.5 Å². The number of nitrogens with zero attached hydrogens (tertiary/aromatic N) is 3. The molecule has 2 heterocycles. The maximum absolute atomic E-state index is 11.2. The molecule has 2 aromatic carbocycles. The molecule has 1 amide bonds. The zero-order valence-corrected chi connectivity index (χ0v) is 14.8. The van der Waals surface area contributed by atoms with Crippen LogP contribution in [0, 0.1) is 0 Å². The molecule has 0 saturated carbocycles. The van der Waals surface area contributed by atoms with Crippen molar-refractivity contribution in [3.8, 4) is 16.9 Å². The van der Waals surface area contributed by atoms with E-state index in [0.29, 0.717) is 11.1 Å². The van der Waals surface area contributed by atoms with Gasteiger partial charge in [-0.3, -0.25) is 4.79 Å². The molecule has 2 aliphatic rings. The summed E-state index contributed by atoms with van der Waals surface area (Å²) in [7, 11) is 1.70. The number of quaternary nitrogens is 1. The molecule has 2 aromatic rings. The quantitative estimate of drug-likeness (QED) is 0.614. The Morgan fingerprint density at radius 2 is 2.08 bits per heavy atom. The van der Waals surface area contributed by atoms with Gasteiger partial charge in [0.05, 0.1) is 19.9 Å². The SMILES string of the molecule is COc1cc([N+]2(C3CCN(C=O)C3)C=CC=N2)ccc1-c1ccccc1. The van der Waals surface area contributed by atoms with Crippen molar-refractivity contribution in [1.82, 2.24) is 9.49 Å². The minimum atomic E-state index is 0.211. The average molecular weight is 348 g/mol. The number of allylic oxidation sites excluding steroid dienone is 1.